The van der Waals surface area contributed by atoms with E-state index in [-0.39, 0.29) is 0 Å². The molecule has 0 amide bonds. The van der Waals surface area contributed by atoms with Crippen LogP contribution in [0.5, 0.6) is 0 Å². The molecule has 0 aromatic heterocycles. The van der Waals surface area contributed by atoms with Gasteiger partial charge in [-0.15, -0.1) is 0 Å². The van der Waals surface area contributed by atoms with Gasteiger partial charge in [0.1, 0.15) is 0 Å². The monoisotopic (exact) mass is 360 g/mol. The second-order valence-electron chi connectivity index (χ2n) is 7.89. The summed E-state index contributed by atoms with van der Waals surface area (Å²) in [5.41, 5.74) is 1.30. The van der Waals surface area contributed by atoms with Crippen LogP contribution in [0.15, 0.2) is 30.3 Å². The Kier molecular flexibility index (Phi) is 15.7. The highest BCUT2D eigenvalue weighted by atomic mass is 16.5. The van der Waals surface area contributed by atoms with Crippen LogP contribution in [-0.4, -0.2) is 6.10 Å². The highest BCUT2D eigenvalue weighted by Gasteiger charge is 2.09. The van der Waals surface area contributed by atoms with E-state index in [4.69, 9.17) is 4.74 Å². The number of unbranched alkanes of at least 4 members (excludes halogenated alkanes) is 11. The number of hydrogen-bond donors (Lipinski definition) is 0. The fourth-order valence-corrected chi connectivity index (χ4v) is 3.58. The molecule has 0 aliphatic heterocycles. The zero-order valence-corrected chi connectivity index (χ0v) is 17.7. The van der Waals surface area contributed by atoms with Gasteiger partial charge >= 0.3 is 0 Å². The Labute approximate surface area is 163 Å². The predicted molar refractivity (Wildman–Crippen MR) is 116 cm³/mol. The molecule has 0 spiro atoms. The maximum atomic E-state index is 6.28. The van der Waals surface area contributed by atoms with Crippen molar-refractivity contribution < 1.29 is 4.74 Å². The number of hydrogen-bond acceptors (Lipinski definition) is 1. The van der Waals surface area contributed by atoms with Crippen molar-refractivity contribution in [2.75, 3.05) is 0 Å². The highest BCUT2D eigenvalue weighted by Crippen LogP contribution is 2.18. The number of rotatable bonds is 18. The van der Waals surface area contributed by atoms with Crippen LogP contribution in [0.1, 0.15) is 116 Å². The second-order valence-corrected chi connectivity index (χ2v) is 7.89. The molecule has 26 heavy (non-hydrogen) atoms. The summed E-state index contributed by atoms with van der Waals surface area (Å²) in [5, 5.41) is 0. The maximum absolute atomic E-state index is 6.28. The van der Waals surface area contributed by atoms with E-state index in [0.717, 1.165) is 6.61 Å². The molecule has 1 nitrogen and oxygen atoms in total. The molecule has 1 aromatic carbocycles. The van der Waals surface area contributed by atoms with E-state index in [0.29, 0.717) is 6.10 Å². The fourth-order valence-electron chi connectivity index (χ4n) is 3.58. The third kappa shape index (κ3) is 13.4. The zero-order chi connectivity index (χ0) is 18.7. The average molecular weight is 361 g/mol. The first-order valence-corrected chi connectivity index (χ1v) is 11.5. The zero-order valence-electron chi connectivity index (χ0n) is 17.7. The minimum Gasteiger partial charge on any atom is -0.374 e. The molecule has 0 bridgehead atoms. The topological polar surface area (TPSA) is 9.23 Å². The van der Waals surface area contributed by atoms with Crippen LogP contribution >= 0.6 is 0 Å². The molecule has 0 aliphatic rings. The summed E-state index contributed by atoms with van der Waals surface area (Å²) in [6.45, 7) is 5.35. The standard InChI is InChI=1S/C25H44O/c1-3-5-7-9-10-11-12-13-18-22-25(21-17-8-6-4-2)26-23-24-19-15-14-16-20-24/h14-16,19-20,25H,3-13,17-18,21-23H2,1-2H3. The molecule has 0 radical (unpaired) electrons. The Morgan fingerprint density at radius 2 is 1.08 bits per heavy atom. The van der Waals surface area contributed by atoms with E-state index < -0.39 is 0 Å². The van der Waals surface area contributed by atoms with Crippen molar-refractivity contribution in [1.82, 2.24) is 0 Å². The Hall–Kier alpha value is -0.820. The van der Waals surface area contributed by atoms with Gasteiger partial charge in [0, 0.05) is 0 Å². The molecule has 0 aliphatic carbocycles. The van der Waals surface area contributed by atoms with E-state index in [9.17, 15) is 0 Å². The van der Waals surface area contributed by atoms with Crippen LogP contribution in [0.4, 0.5) is 0 Å². The summed E-state index contributed by atoms with van der Waals surface area (Å²) >= 11 is 0. The normalized spacial score (nSPS) is 12.4. The van der Waals surface area contributed by atoms with E-state index in [2.05, 4.69) is 44.2 Å². The average Bonchev–Trinajstić information content (AvgIpc) is 2.68. The van der Waals surface area contributed by atoms with Crippen LogP contribution in [0.25, 0.3) is 0 Å². The first-order valence-electron chi connectivity index (χ1n) is 11.5. The lowest BCUT2D eigenvalue weighted by atomic mass is 10.0. The van der Waals surface area contributed by atoms with Crippen LogP contribution in [0.3, 0.4) is 0 Å². The summed E-state index contributed by atoms with van der Waals surface area (Å²) in [6.07, 6.45) is 20.9. The minimum atomic E-state index is 0.455. The van der Waals surface area contributed by atoms with Crippen molar-refractivity contribution >= 4 is 0 Å². The molecular formula is C25H44O. The Bertz CT molecular complexity index is 386. The lowest BCUT2D eigenvalue weighted by molar-refractivity contribution is 0.0261. The van der Waals surface area contributed by atoms with Crippen molar-refractivity contribution in [2.24, 2.45) is 0 Å². The predicted octanol–water partition coefficient (Wildman–Crippen LogP) is 8.46. The van der Waals surface area contributed by atoms with Crippen LogP contribution in [-0.2, 0) is 11.3 Å². The van der Waals surface area contributed by atoms with Gasteiger partial charge in [-0.2, -0.15) is 0 Å². The van der Waals surface area contributed by atoms with Gasteiger partial charge in [0.2, 0.25) is 0 Å². The Morgan fingerprint density at radius 3 is 1.62 bits per heavy atom. The first kappa shape index (κ1) is 23.2. The maximum Gasteiger partial charge on any atom is 0.0720 e. The third-order valence-corrected chi connectivity index (χ3v) is 5.34. The molecule has 0 heterocycles. The molecule has 1 heteroatoms. The van der Waals surface area contributed by atoms with Crippen molar-refractivity contribution in [3.8, 4) is 0 Å². The van der Waals surface area contributed by atoms with E-state index in [1.807, 2.05) is 0 Å². The fraction of sp³-hybridized carbons (Fsp3) is 0.760. The molecule has 1 aromatic rings. The third-order valence-electron chi connectivity index (χ3n) is 5.34. The first-order chi connectivity index (χ1) is 12.9. The summed E-state index contributed by atoms with van der Waals surface area (Å²) in [4.78, 5) is 0. The largest absolute Gasteiger partial charge is 0.374 e. The highest BCUT2D eigenvalue weighted by molar-refractivity contribution is 5.13. The summed E-state index contributed by atoms with van der Waals surface area (Å²) in [5.74, 6) is 0. The second kappa shape index (κ2) is 17.6. The van der Waals surface area contributed by atoms with E-state index >= 15 is 0 Å². The molecule has 0 saturated heterocycles. The lowest BCUT2D eigenvalue weighted by Gasteiger charge is -2.18. The van der Waals surface area contributed by atoms with Gasteiger partial charge in [0.05, 0.1) is 12.7 Å². The number of ether oxygens (including phenoxy) is 1. The smallest absolute Gasteiger partial charge is 0.0720 e. The summed E-state index contributed by atoms with van der Waals surface area (Å²) in [7, 11) is 0. The van der Waals surface area contributed by atoms with Crippen LogP contribution in [0.2, 0.25) is 0 Å². The summed E-state index contributed by atoms with van der Waals surface area (Å²) in [6, 6.07) is 10.6. The van der Waals surface area contributed by atoms with Crippen molar-refractivity contribution in [3.05, 3.63) is 35.9 Å². The molecule has 0 fully saturated rings. The Balaban J connectivity index is 2.15. The number of benzene rings is 1. The van der Waals surface area contributed by atoms with Crippen LogP contribution < -0.4 is 0 Å². The van der Waals surface area contributed by atoms with Gasteiger partial charge in [0.15, 0.2) is 0 Å². The van der Waals surface area contributed by atoms with Crippen molar-refractivity contribution in [3.63, 3.8) is 0 Å². The molecular weight excluding hydrogens is 316 g/mol. The minimum absolute atomic E-state index is 0.455. The quantitative estimate of drug-likeness (QED) is 0.238. The molecule has 0 saturated carbocycles. The lowest BCUT2D eigenvalue weighted by Crippen LogP contribution is -2.13. The molecule has 1 atom stereocenters. The van der Waals surface area contributed by atoms with Gasteiger partial charge in [-0.25, -0.2) is 0 Å². The van der Waals surface area contributed by atoms with Crippen molar-refractivity contribution in [2.45, 2.75) is 123 Å². The summed E-state index contributed by atoms with van der Waals surface area (Å²) < 4.78 is 6.28. The van der Waals surface area contributed by atoms with Gasteiger partial charge < -0.3 is 4.74 Å². The van der Waals surface area contributed by atoms with Gasteiger partial charge in [0.25, 0.3) is 0 Å². The van der Waals surface area contributed by atoms with E-state index in [1.54, 1.807) is 0 Å². The Morgan fingerprint density at radius 1 is 0.615 bits per heavy atom. The van der Waals surface area contributed by atoms with Gasteiger partial charge in [-0.05, 0) is 18.4 Å². The molecule has 1 unspecified atom stereocenters. The molecule has 1 rings (SSSR count). The SMILES string of the molecule is CCCCCCCCCCCC(CCCCCC)OCc1ccccc1. The molecule has 0 N–H and O–H groups in total. The van der Waals surface area contributed by atoms with Gasteiger partial charge in [-0.1, -0.05) is 128 Å². The molecule has 150 valence electrons. The van der Waals surface area contributed by atoms with E-state index in [1.165, 1.54) is 102 Å². The van der Waals surface area contributed by atoms with Crippen LogP contribution in [0, 0.1) is 0 Å². The van der Waals surface area contributed by atoms with Gasteiger partial charge in [-0.3, -0.25) is 0 Å². The van der Waals surface area contributed by atoms with Crippen molar-refractivity contribution in [1.29, 1.82) is 0 Å².